The summed E-state index contributed by atoms with van der Waals surface area (Å²) in [6.07, 6.45) is 23.9. The van der Waals surface area contributed by atoms with Crippen LogP contribution < -0.4 is 15.1 Å². The summed E-state index contributed by atoms with van der Waals surface area (Å²) in [6, 6.07) is 17.4. The SMILES string of the molecule is C/C=C(\C=C/NCCN(C)C(=O)CCCSSCCCC(=O)N(C)CC[N+]1=CC=C(/C=C/c2ccc(N3CCC(O)C3)cc2)CC1C)/C=C/c1ccc(N2CCC(O)C2)cc1. The van der Waals surface area contributed by atoms with E-state index < -0.39 is 0 Å². The van der Waals surface area contributed by atoms with Crippen LogP contribution >= 0.6 is 21.6 Å². The Hall–Kier alpha value is -4.23. The summed E-state index contributed by atoms with van der Waals surface area (Å²) in [6.45, 7) is 10.3. The van der Waals surface area contributed by atoms with Crippen LogP contribution in [0.25, 0.3) is 12.2 Å². The Labute approximate surface area is 373 Å². The maximum Gasteiger partial charge on any atom is 0.222 e. The molecule has 3 atom stereocenters. The maximum atomic E-state index is 12.8. The van der Waals surface area contributed by atoms with E-state index >= 15 is 0 Å². The van der Waals surface area contributed by atoms with E-state index in [2.05, 4.69) is 118 Å². The van der Waals surface area contributed by atoms with E-state index in [0.717, 1.165) is 80.1 Å². The number of nitrogens with zero attached hydrogens (tertiary/aromatic N) is 5. The highest BCUT2D eigenvalue weighted by Crippen LogP contribution is 2.25. The van der Waals surface area contributed by atoms with Gasteiger partial charge in [0.05, 0.1) is 18.8 Å². The fourth-order valence-corrected chi connectivity index (χ4v) is 9.70. The minimum Gasteiger partial charge on any atom is -0.391 e. The van der Waals surface area contributed by atoms with Gasteiger partial charge in [0, 0.05) is 102 Å². The predicted molar refractivity (Wildman–Crippen MR) is 260 cm³/mol. The molecule has 3 aliphatic rings. The van der Waals surface area contributed by atoms with Crippen LogP contribution in [0.3, 0.4) is 0 Å². The lowest BCUT2D eigenvalue weighted by Crippen LogP contribution is -2.36. The summed E-state index contributed by atoms with van der Waals surface area (Å²) < 4.78 is 2.33. The van der Waals surface area contributed by atoms with Crippen molar-refractivity contribution in [1.29, 1.82) is 0 Å². The van der Waals surface area contributed by atoms with Gasteiger partial charge in [-0.2, -0.15) is 0 Å². The molecule has 3 aliphatic heterocycles. The van der Waals surface area contributed by atoms with Crippen LogP contribution in [-0.2, 0) is 9.59 Å². The first-order valence-electron chi connectivity index (χ1n) is 22.1. The summed E-state index contributed by atoms with van der Waals surface area (Å²) in [5.41, 5.74) is 7.00. The molecule has 10 nitrogen and oxygen atoms in total. The third-order valence-electron chi connectivity index (χ3n) is 11.6. The molecule has 3 unspecified atom stereocenters. The average Bonchev–Trinajstić information content (AvgIpc) is 3.92. The quantitative estimate of drug-likeness (QED) is 0.0461. The smallest absolute Gasteiger partial charge is 0.222 e. The number of likely N-dealkylation sites (N-methyl/N-ethyl adjacent to an activating group) is 2. The fourth-order valence-electron chi connectivity index (χ4n) is 7.52. The highest BCUT2D eigenvalue weighted by Gasteiger charge is 2.23. The van der Waals surface area contributed by atoms with Gasteiger partial charge < -0.3 is 35.1 Å². The number of aliphatic hydroxyl groups is 2. The Morgan fingerprint density at radius 1 is 0.803 bits per heavy atom. The number of amides is 2. The molecular formula is C49H69N6O4S2+. The number of aliphatic hydroxyl groups excluding tert-OH is 2. The molecule has 2 fully saturated rings. The van der Waals surface area contributed by atoms with Crippen LogP contribution in [0.15, 0.2) is 96.3 Å². The molecule has 330 valence electrons. The summed E-state index contributed by atoms with van der Waals surface area (Å²) in [5.74, 6) is 2.19. The topological polar surface area (TPSA) is 103 Å². The first-order chi connectivity index (χ1) is 29.6. The number of benzene rings is 2. The van der Waals surface area contributed by atoms with Gasteiger partial charge in [0.2, 0.25) is 11.8 Å². The Morgan fingerprint density at radius 2 is 1.36 bits per heavy atom. The first kappa shape index (κ1) is 47.8. The second-order valence-corrected chi connectivity index (χ2v) is 19.1. The van der Waals surface area contributed by atoms with Gasteiger partial charge in [-0.15, -0.1) is 0 Å². The summed E-state index contributed by atoms with van der Waals surface area (Å²) in [4.78, 5) is 33.6. The van der Waals surface area contributed by atoms with Crippen molar-refractivity contribution in [1.82, 2.24) is 15.1 Å². The number of carbonyl (C=O) groups excluding carboxylic acids is 2. The molecule has 0 radical (unpaired) electrons. The Bertz CT molecular complexity index is 1880. The van der Waals surface area contributed by atoms with Crippen LogP contribution in [0.2, 0.25) is 0 Å². The molecule has 0 aromatic heterocycles. The van der Waals surface area contributed by atoms with Crippen molar-refractivity contribution in [3.05, 3.63) is 107 Å². The van der Waals surface area contributed by atoms with E-state index in [1.54, 1.807) is 26.5 Å². The molecule has 61 heavy (non-hydrogen) atoms. The van der Waals surface area contributed by atoms with Gasteiger partial charge in [0.15, 0.2) is 18.8 Å². The Kier molecular flexibility index (Phi) is 20.1. The molecule has 2 aromatic rings. The summed E-state index contributed by atoms with van der Waals surface area (Å²) in [5, 5.41) is 22.9. The zero-order valence-corrected chi connectivity index (χ0v) is 38.5. The van der Waals surface area contributed by atoms with E-state index in [0.29, 0.717) is 51.6 Å². The van der Waals surface area contributed by atoms with E-state index in [1.165, 1.54) is 16.8 Å². The number of β-amino-alcohol motifs (C(OH)–C–C–N with tert-alkyl or cyclic N) is 2. The molecular weight excluding hydrogens is 801 g/mol. The predicted octanol–water partition coefficient (Wildman–Crippen LogP) is 7.27. The van der Waals surface area contributed by atoms with Crippen molar-refractivity contribution in [2.24, 2.45) is 0 Å². The van der Waals surface area contributed by atoms with Gasteiger partial charge >= 0.3 is 0 Å². The van der Waals surface area contributed by atoms with Crippen molar-refractivity contribution in [3.63, 3.8) is 0 Å². The number of hydrogen-bond donors (Lipinski definition) is 3. The third kappa shape index (κ3) is 16.5. The largest absolute Gasteiger partial charge is 0.391 e. The van der Waals surface area contributed by atoms with Gasteiger partial charge in [-0.25, -0.2) is 4.58 Å². The van der Waals surface area contributed by atoms with Crippen LogP contribution in [0.4, 0.5) is 11.4 Å². The highest BCUT2D eigenvalue weighted by molar-refractivity contribution is 8.76. The van der Waals surface area contributed by atoms with Crippen molar-refractivity contribution < 1.29 is 24.4 Å². The number of rotatable bonds is 23. The molecule has 0 aliphatic carbocycles. The van der Waals surface area contributed by atoms with Crippen LogP contribution in [-0.4, -0.2) is 139 Å². The molecule has 2 saturated heterocycles. The molecule has 5 rings (SSSR count). The third-order valence-corrected chi connectivity index (χ3v) is 14.1. The van der Waals surface area contributed by atoms with Crippen molar-refractivity contribution in [2.75, 3.05) is 87.8 Å². The Morgan fingerprint density at radius 3 is 1.89 bits per heavy atom. The molecule has 12 heteroatoms. The average molecular weight is 870 g/mol. The lowest BCUT2D eigenvalue weighted by molar-refractivity contribution is -0.558. The van der Waals surface area contributed by atoms with Gasteiger partial charge in [-0.1, -0.05) is 76.2 Å². The van der Waals surface area contributed by atoms with E-state index in [1.807, 2.05) is 38.2 Å². The van der Waals surface area contributed by atoms with Crippen LogP contribution in [0.5, 0.6) is 0 Å². The normalized spacial score (nSPS) is 19.6. The second kappa shape index (κ2) is 25.6. The standard InChI is InChI=1S/C49H69N6O4S2/c1-5-40(10-11-41-14-18-44(19-15-41)54-29-24-46(56)37-54)22-26-50-27-31-51(3)48(58)8-6-34-60-61-35-7-9-49(59)52(4)32-33-53-28-23-43(36-39(53)2)13-12-42-16-20-45(21-17-42)55-30-25-47(57)38-55/h5,10-23,26,28,39,46-47,50,56-57H,6-9,24-25,27,29-38H2,1-4H3/q+1/b11-10+,26-22-,40-5-. The molecule has 0 spiro atoms. The first-order valence-corrected chi connectivity index (χ1v) is 24.6. The minimum absolute atomic E-state index is 0.164. The van der Waals surface area contributed by atoms with Crippen LogP contribution in [0, 0.1) is 0 Å². The van der Waals surface area contributed by atoms with Gasteiger partial charge in [-0.3, -0.25) is 9.59 Å². The Balaban J connectivity index is 0.860. The van der Waals surface area contributed by atoms with E-state index in [4.69, 9.17) is 0 Å². The zero-order valence-electron chi connectivity index (χ0n) is 36.8. The number of allylic oxidation sites excluding steroid dienone is 6. The highest BCUT2D eigenvalue weighted by atomic mass is 33.1. The number of anilines is 2. The van der Waals surface area contributed by atoms with Crippen molar-refractivity contribution >= 4 is 63.1 Å². The molecule has 0 bridgehead atoms. The number of carbonyl (C=O) groups is 2. The van der Waals surface area contributed by atoms with Crippen molar-refractivity contribution in [3.8, 4) is 0 Å². The van der Waals surface area contributed by atoms with Gasteiger partial charge in [-0.05, 0) is 98.3 Å². The molecule has 0 saturated carbocycles. The lowest BCUT2D eigenvalue weighted by Gasteiger charge is -2.20. The van der Waals surface area contributed by atoms with Gasteiger partial charge in [0.1, 0.15) is 0 Å². The lowest BCUT2D eigenvalue weighted by atomic mass is 10.0. The van der Waals surface area contributed by atoms with Gasteiger partial charge in [0.25, 0.3) is 0 Å². The number of nitrogens with one attached hydrogen (secondary N) is 1. The zero-order chi connectivity index (χ0) is 43.4. The van der Waals surface area contributed by atoms with Crippen molar-refractivity contribution in [2.45, 2.75) is 77.0 Å². The van der Waals surface area contributed by atoms with E-state index in [-0.39, 0.29) is 24.0 Å². The van der Waals surface area contributed by atoms with E-state index in [9.17, 15) is 19.8 Å². The molecule has 3 heterocycles. The van der Waals surface area contributed by atoms with Crippen LogP contribution in [0.1, 0.15) is 69.9 Å². The second-order valence-electron chi connectivity index (χ2n) is 16.4. The fraction of sp³-hybridized carbons (Fsp3) is 0.490. The molecule has 2 amide bonds. The minimum atomic E-state index is -0.226. The maximum absolute atomic E-state index is 12.8. The molecule has 2 aromatic carbocycles. The number of hydrogen-bond acceptors (Lipinski definition) is 9. The monoisotopic (exact) mass is 869 g/mol. The summed E-state index contributed by atoms with van der Waals surface area (Å²) >= 11 is 0. The molecule has 3 N–H and O–H groups in total. The summed E-state index contributed by atoms with van der Waals surface area (Å²) in [7, 11) is 7.35.